The van der Waals surface area contributed by atoms with Gasteiger partial charge in [0.25, 0.3) is 0 Å². The van der Waals surface area contributed by atoms with E-state index in [4.69, 9.17) is 11.6 Å². The highest BCUT2D eigenvalue weighted by atomic mass is 35.5. The second kappa shape index (κ2) is 5.40. The normalized spacial score (nSPS) is 13.2. The summed E-state index contributed by atoms with van der Waals surface area (Å²) in [6, 6.07) is 4.99. The summed E-state index contributed by atoms with van der Waals surface area (Å²) in [5.74, 6) is -0.529. The molecule has 0 aliphatic heterocycles. The summed E-state index contributed by atoms with van der Waals surface area (Å²) in [6.07, 6.45) is -5.51. The van der Waals surface area contributed by atoms with Gasteiger partial charge in [-0.2, -0.15) is 13.2 Å². The molecular formula is C11H11ClF3NO. The number of carbonyl (C=O) groups excluding carboxylic acids is 1. The van der Waals surface area contributed by atoms with Crippen LogP contribution in [0.2, 0.25) is 5.02 Å². The van der Waals surface area contributed by atoms with Crippen molar-refractivity contribution in [2.24, 2.45) is 0 Å². The zero-order valence-electron chi connectivity index (χ0n) is 9.01. The van der Waals surface area contributed by atoms with E-state index in [1.807, 2.05) is 0 Å². The van der Waals surface area contributed by atoms with Crippen LogP contribution in [0.1, 0.15) is 24.9 Å². The van der Waals surface area contributed by atoms with Crippen molar-refractivity contribution in [1.82, 2.24) is 5.32 Å². The Balaban J connectivity index is 2.98. The first-order valence-electron chi connectivity index (χ1n) is 4.88. The first-order valence-corrected chi connectivity index (χ1v) is 5.25. The van der Waals surface area contributed by atoms with Crippen LogP contribution in [-0.2, 0) is 4.79 Å². The van der Waals surface area contributed by atoms with Gasteiger partial charge in [0.1, 0.15) is 0 Å². The minimum absolute atomic E-state index is 0.204. The molecule has 17 heavy (non-hydrogen) atoms. The molecule has 0 aromatic heterocycles. The Labute approximate surface area is 102 Å². The number of benzene rings is 1. The average molecular weight is 266 g/mol. The number of halogens is 4. The quantitative estimate of drug-likeness (QED) is 0.891. The molecule has 1 rings (SSSR count). The average Bonchev–Trinajstić information content (AvgIpc) is 2.14. The lowest BCUT2D eigenvalue weighted by Crippen LogP contribution is -2.30. The van der Waals surface area contributed by atoms with Gasteiger partial charge in [0.15, 0.2) is 0 Å². The molecule has 0 spiro atoms. The molecule has 1 atom stereocenters. The van der Waals surface area contributed by atoms with Crippen molar-refractivity contribution in [2.75, 3.05) is 0 Å². The molecule has 2 nitrogen and oxygen atoms in total. The number of carbonyl (C=O) groups is 1. The molecule has 0 heterocycles. The molecule has 6 heteroatoms. The second-order valence-electron chi connectivity index (χ2n) is 3.59. The summed E-state index contributed by atoms with van der Waals surface area (Å²) >= 11 is 5.81. The number of hydrogen-bond donors (Lipinski definition) is 1. The summed E-state index contributed by atoms with van der Waals surface area (Å²) in [5, 5.41) is 2.45. The van der Waals surface area contributed by atoms with Gasteiger partial charge in [-0.25, -0.2) is 0 Å². The number of amides is 1. The van der Waals surface area contributed by atoms with E-state index in [1.165, 1.54) is 19.1 Å². The Bertz CT molecular complexity index is 406. The first kappa shape index (κ1) is 13.8. The van der Waals surface area contributed by atoms with E-state index in [-0.39, 0.29) is 10.6 Å². The van der Waals surface area contributed by atoms with Crippen LogP contribution in [0.4, 0.5) is 13.2 Å². The van der Waals surface area contributed by atoms with E-state index in [0.29, 0.717) is 0 Å². The topological polar surface area (TPSA) is 29.1 Å². The fraction of sp³-hybridized carbons (Fsp3) is 0.364. The standard InChI is InChI=1S/C11H11ClF3NO/c1-7(17)16-10(6-11(13,14)15)8-4-2-3-5-9(8)12/h2-5,10H,6H2,1H3,(H,16,17). The van der Waals surface area contributed by atoms with E-state index in [1.54, 1.807) is 12.1 Å². The molecular weight excluding hydrogens is 255 g/mol. The number of rotatable bonds is 3. The Kier molecular flexibility index (Phi) is 4.40. The van der Waals surface area contributed by atoms with Crippen LogP contribution in [0.5, 0.6) is 0 Å². The van der Waals surface area contributed by atoms with E-state index in [0.717, 1.165) is 0 Å². The van der Waals surface area contributed by atoms with Crippen molar-refractivity contribution in [3.05, 3.63) is 34.9 Å². The minimum Gasteiger partial charge on any atom is -0.349 e. The van der Waals surface area contributed by atoms with Crippen LogP contribution in [-0.4, -0.2) is 12.1 Å². The van der Waals surface area contributed by atoms with E-state index < -0.39 is 24.5 Å². The van der Waals surface area contributed by atoms with Gasteiger partial charge in [0.2, 0.25) is 5.91 Å². The molecule has 1 N–H and O–H groups in total. The fourth-order valence-electron chi connectivity index (χ4n) is 1.47. The zero-order valence-corrected chi connectivity index (χ0v) is 9.77. The van der Waals surface area contributed by atoms with Gasteiger partial charge in [-0.3, -0.25) is 4.79 Å². The summed E-state index contributed by atoms with van der Waals surface area (Å²) in [6.45, 7) is 1.17. The van der Waals surface area contributed by atoms with Crippen molar-refractivity contribution < 1.29 is 18.0 Å². The minimum atomic E-state index is -4.37. The molecule has 1 amide bonds. The Morgan fingerprint density at radius 1 is 1.41 bits per heavy atom. The Hall–Kier alpha value is -1.23. The summed E-state index contributed by atoms with van der Waals surface area (Å²) in [4.78, 5) is 10.9. The summed E-state index contributed by atoms with van der Waals surface area (Å²) in [5.41, 5.74) is 0.265. The lowest BCUT2D eigenvalue weighted by atomic mass is 10.0. The molecule has 0 radical (unpaired) electrons. The first-order chi connectivity index (χ1) is 7.79. The maximum Gasteiger partial charge on any atom is 0.391 e. The molecule has 0 fully saturated rings. The van der Waals surface area contributed by atoms with Gasteiger partial charge in [0.05, 0.1) is 12.5 Å². The van der Waals surface area contributed by atoms with Crippen LogP contribution >= 0.6 is 11.6 Å². The van der Waals surface area contributed by atoms with Gasteiger partial charge in [0, 0.05) is 11.9 Å². The van der Waals surface area contributed by atoms with Crippen molar-refractivity contribution in [3.8, 4) is 0 Å². The van der Waals surface area contributed by atoms with Gasteiger partial charge in [-0.15, -0.1) is 0 Å². The lowest BCUT2D eigenvalue weighted by molar-refractivity contribution is -0.142. The van der Waals surface area contributed by atoms with E-state index in [2.05, 4.69) is 5.32 Å². The summed E-state index contributed by atoms with van der Waals surface area (Å²) in [7, 11) is 0. The summed E-state index contributed by atoms with van der Waals surface area (Å²) < 4.78 is 37.1. The third kappa shape index (κ3) is 4.65. The van der Waals surface area contributed by atoms with Crippen molar-refractivity contribution in [3.63, 3.8) is 0 Å². The van der Waals surface area contributed by atoms with E-state index in [9.17, 15) is 18.0 Å². The van der Waals surface area contributed by atoms with Crippen LogP contribution in [0, 0.1) is 0 Å². The Morgan fingerprint density at radius 2 is 2.00 bits per heavy atom. The second-order valence-corrected chi connectivity index (χ2v) is 4.00. The van der Waals surface area contributed by atoms with Crippen LogP contribution < -0.4 is 5.32 Å². The molecule has 1 aromatic carbocycles. The third-order valence-electron chi connectivity index (χ3n) is 2.09. The van der Waals surface area contributed by atoms with Crippen LogP contribution in [0.25, 0.3) is 0 Å². The molecule has 1 aromatic rings. The van der Waals surface area contributed by atoms with Crippen molar-refractivity contribution >= 4 is 17.5 Å². The van der Waals surface area contributed by atoms with Gasteiger partial charge >= 0.3 is 6.18 Å². The molecule has 0 bridgehead atoms. The van der Waals surface area contributed by atoms with Crippen LogP contribution in [0.3, 0.4) is 0 Å². The maximum absolute atomic E-state index is 12.4. The lowest BCUT2D eigenvalue weighted by Gasteiger charge is -2.20. The molecule has 0 aliphatic rings. The highest BCUT2D eigenvalue weighted by Gasteiger charge is 2.33. The number of hydrogen-bond acceptors (Lipinski definition) is 1. The molecule has 0 aliphatic carbocycles. The van der Waals surface area contributed by atoms with E-state index >= 15 is 0 Å². The van der Waals surface area contributed by atoms with Crippen LogP contribution in [0.15, 0.2) is 24.3 Å². The van der Waals surface area contributed by atoms with Gasteiger partial charge in [-0.1, -0.05) is 29.8 Å². The largest absolute Gasteiger partial charge is 0.391 e. The third-order valence-corrected chi connectivity index (χ3v) is 2.44. The Morgan fingerprint density at radius 3 is 2.47 bits per heavy atom. The zero-order chi connectivity index (χ0) is 13.1. The molecule has 0 saturated heterocycles. The monoisotopic (exact) mass is 265 g/mol. The highest BCUT2D eigenvalue weighted by molar-refractivity contribution is 6.31. The maximum atomic E-state index is 12.4. The smallest absolute Gasteiger partial charge is 0.349 e. The molecule has 94 valence electrons. The SMILES string of the molecule is CC(=O)NC(CC(F)(F)F)c1ccccc1Cl. The van der Waals surface area contributed by atoms with Crippen molar-refractivity contribution in [1.29, 1.82) is 0 Å². The fourth-order valence-corrected chi connectivity index (χ4v) is 1.74. The molecule has 0 saturated carbocycles. The predicted octanol–water partition coefficient (Wildman–Crippen LogP) is 3.47. The predicted molar refractivity (Wildman–Crippen MR) is 58.7 cm³/mol. The van der Waals surface area contributed by atoms with Gasteiger partial charge < -0.3 is 5.32 Å². The highest BCUT2D eigenvalue weighted by Crippen LogP contribution is 2.32. The van der Waals surface area contributed by atoms with Gasteiger partial charge in [-0.05, 0) is 11.6 Å². The van der Waals surface area contributed by atoms with Crippen molar-refractivity contribution in [2.45, 2.75) is 25.6 Å². The number of nitrogens with one attached hydrogen (secondary N) is 1. The molecule has 1 unspecified atom stereocenters. The number of alkyl halides is 3.